The molecular weight excluding hydrogens is 357 g/mol. The van der Waals surface area contributed by atoms with E-state index in [0.717, 1.165) is 31.2 Å². The van der Waals surface area contributed by atoms with Crippen molar-refractivity contribution in [3.8, 4) is 0 Å². The van der Waals surface area contributed by atoms with E-state index in [-0.39, 0.29) is 24.9 Å². The van der Waals surface area contributed by atoms with E-state index in [1.54, 1.807) is 4.90 Å². The first-order valence-corrected chi connectivity index (χ1v) is 9.85. The van der Waals surface area contributed by atoms with Crippen LogP contribution in [0.5, 0.6) is 0 Å². The van der Waals surface area contributed by atoms with Crippen LogP contribution < -0.4 is 4.72 Å². The molecule has 0 bridgehead atoms. The van der Waals surface area contributed by atoms with E-state index in [1.165, 1.54) is 12.1 Å². The average molecular weight is 378 g/mol. The van der Waals surface area contributed by atoms with Gasteiger partial charge in [0, 0.05) is 19.1 Å². The van der Waals surface area contributed by atoms with Crippen LogP contribution in [0.4, 0.5) is 13.2 Å². The molecule has 0 radical (unpaired) electrons. The van der Waals surface area contributed by atoms with Gasteiger partial charge in [0.25, 0.3) is 0 Å². The van der Waals surface area contributed by atoms with Crippen LogP contribution >= 0.6 is 0 Å². The van der Waals surface area contributed by atoms with Crippen molar-refractivity contribution in [2.24, 2.45) is 0 Å². The van der Waals surface area contributed by atoms with Crippen molar-refractivity contribution in [1.82, 2.24) is 9.62 Å². The number of hydrogen-bond donors (Lipinski definition) is 1. The van der Waals surface area contributed by atoms with E-state index in [2.05, 4.69) is 4.72 Å². The smallest absolute Gasteiger partial charge is 0.338 e. The molecule has 0 spiro atoms. The summed E-state index contributed by atoms with van der Waals surface area (Å²) in [6.07, 6.45) is -1.21. The summed E-state index contributed by atoms with van der Waals surface area (Å²) in [4.78, 5) is 14.1. The molecule has 1 aromatic rings. The normalized spacial score (nSPS) is 19.0. The Morgan fingerprint density at radius 3 is 2.68 bits per heavy atom. The summed E-state index contributed by atoms with van der Waals surface area (Å²) < 4.78 is 63.2. The maximum absolute atomic E-state index is 12.8. The fraction of sp³-hybridized carbons (Fsp3) is 0.562. The lowest BCUT2D eigenvalue weighted by Crippen LogP contribution is -2.49. The number of amides is 1. The van der Waals surface area contributed by atoms with Crippen molar-refractivity contribution in [1.29, 1.82) is 0 Å². The summed E-state index contributed by atoms with van der Waals surface area (Å²) in [6.45, 7) is 0.598. The van der Waals surface area contributed by atoms with Gasteiger partial charge in [-0.15, -0.1) is 0 Å². The van der Waals surface area contributed by atoms with Gasteiger partial charge in [-0.05, 0) is 30.9 Å². The van der Waals surface area contributed by atoms with E-state index >= 15 is 0 Å². The molecule has 0 aliphatic carbocycles. The molecule has 140 valence electrons. The molecule has 1 aliphatic heterocycles. The fourth-order valence-corrected chi connectivity index (χ4v) is 3.42. The Kier molecular flexibility index (Phi) is 6.10. The molecule has 1 N–H and O–H groups in total. The van der Waals surface area contributed by atoms with E-state index in [9.17, 15) is 26.4 Å². The van der Waals surface area contributed by atoms with Crippen LogP contribution in [0.15, 0.2) is 24.3 Å². The first kappa shape index (κ1) is 19.7. The highest BCUT2D eigenvalue weighted by Gasteiger charge is 2.31. The number of piperidine rings is 1. The van der Waals surface area contributed by atoms with Crippen molar-refractivity contribution in [2.75, 3.05) is 19.3 Å². The quantitative estimate of drug-likeness (QED) is 0.854. The number of carbonyl (C=O) groups is 1. The van der Waals surface area contributed by atoms with Gasteiger partial charge in [-0.2, -0.15) is 13.2 Å². The molecule has 1 aliphatic rings. The number of carbonyl (C=O) groups excluding carboxylic acids is 1. The maximum atomic E-state index is 12.8. The number of halogens is 3. The number of likely N-dealkylation sites (tertiary alicyclic amines) is 1. The van der Waals surface area contributed by atoms with E-state index in [4.69, 9.17) is 0 Å². The number of sulfonamides is 1. The van der Waals surface area contributed by atoms with Crippen molar-refractivity contribution in [3.05, 3.63) is 35.4 Å². The molecule has 1 heterocycles. The van der Waals surface area contributed by atoms with Gasteiger partial charge in [-0.25, -0.2) is 13.1 Å². The number of benzene rings is 1. The first-order valence-electron chi connectivity index (χ1n) is 7.96. The molecule has 0 saturated carbocycles. The van der Waals surface area contributed by atoms with Crippen LogP contribution in [0.3, 0.4) is 0 Å². The highest BCUT2D eigenvalue weighted by atomic mass is 32.2. The zero-order chi connectivity index (χ0) is 18.7. The van der Waals surface area contributed by atoms with E-state index < -0.39 is 21.8 Å². The average Bonchev–Trinajstić information content (AvgIpc) is 2.52. The zero-order valence-electron chi connectivity index (χ0n) is 13.8. The predicted molar refractivity (Wildman–Crippen MR) is 87.3 cm³/mol. The van der Waals surface area contributed by atoms with Gasteiger partial charge < -0.3 is 4.90 Å². The molecule has 1 saturated heterocycles. The monoisotopic (exact) mass is 378 g/mol. The number of nitrogens with one attached hydrogen (secondary N) is 1. The van der Waals surface area contributed by atoms with E-state index in [1.807, 2.05) is 0 Å². The van der Waals surface area contributed by atoms with Crippen LogP contribution in [-0.4, -0.2) is 44.6 Å². The Morgan fingerprint density at radius 1 is 1.32 bits per heavy atom. The molecule has 5 nitrogen and oxygen atoms in total. The molecule has 1 unspecified atom stereocenters. The Labute approximate surface area is 145 Å². The third-order valence-corrected chi connectivity index (χ3v) is 4.83. The minimum absolute atomic E-state index is 0.118. The molecule has 9 heteroatoms. The van der Waals surface area contributed by atoms with Crippen molar-refractivity contribution in [2.45, 2.75) is 37.9 Å². The second kappa shape index (κ2) is 7.74. The number of hydrogen-bond acceptors (Lipinski definition) is 3. The third-order valence-electron chi connectivity index (χ3n) is 4.14. The van der Waals surface area contributed by atoms with E-state index in [0.29, 0.717) is 18.5 Å². The molecular formula is C16H21F3N2O3S. The highest BCUT2D eigenvalue weighted by molar-refractivity contribution is 7.88. The van der Waals surface area contributed by atoms with Crippen molar-refractivity contribution < 1.29 is 26.4 Å². The first-order chi connectivity index (χ1) is 11.6. The SMILES string of the molecule is CS(=O)(=O)NCC1CCCCN1C(=O)Cc1cccc(C(F)(F)F)c1. The lowest BCUT2D eigenvalue weighted by Gasteiger charge is -2.36. The topological polar surface area (TPSA) is 66.5 Å². The summed E-state index contributed by atoms with van der Waals surface area (Å²) >= 11 is 0. The molecule has 0 aromatic heterocycles. The van der Waals surface area contributed by atoms with Crippen molar-refractivity contribution in [3.63, 3.8) is 0 Å². The summed E-state index contributed by atoms with van der Waals surface area (Å²) in [6, 6.07) is 4.44. The molecule has 2 rings (SSSR count). The zero-order valence-corrected chi connectivity index (χ0v) is 14.7. The number of nitrogens with zero attached hydrogens (tertiary/aromatic N) is 1. The molecule has 1 fully saturated rings. The predicted octanol–water partition coefficient (Wildman–Crippen LogP) is 2.18. The highest BCUT2D eigenvalue weighted by Crippen LogP contribution is 2.29. The summed E-state index contributed by atoms with van der Waals surface area (Å²) in [5, 5.41) is 0. The minimum Gasteiger partial charge on any atom is -0.338 e. The second-order valence-electron chi connectivity index (χ2n) is 6.23. The Balaban J connectivity index is 2.07. The van der Waals surface area contributed by atoms with Gasteiger partial charge in [-0.3, -0.25) is 4.79 Å². The van der Waals surface area contributed by atoms with Gasteiger partial charge >= 0.3 is 6.18 Å². The van der Waals surface area contributed by atoms with Crippen LogP contribution in [0.1, 0.15) is 30.4 Å². The maximum Gasteiger partial charge on any atom is 0.416 e. The second-order valence-corrected chi connectivity index (χ2v) is 8.07. The number of rotatable bonds is 5. The minimum atomic E-state index is -4.45. The Bertz CT molecular complexity index is 720. The van der Waals surface area contributed by atoms with Crippen LogP contribution in [0, 0.1) is 0 Å². The third kappa shape index (κ3) is 6.00. The van der Waals surface area contributed by atoms with Crippen LogP contribution in [-0.2, 0) is 27.4 Å². The largest absolute Gasteiger partial charge is 0.416 e. The van der Waals surface area contributed by atoms with Crippen LogP contribution in [0.2, 0.25) is 0 Å². The van der Waals surface area contributed by atoms with Crippen LogP contribution in [0.25, 0.3) is 0 Å². The Hall–Kier alpha value is -1.61. The molecule has 1 amide bonds. The molecule has 25 heavy (non-hydrogen) atoms. The summed E-state index contributed by atoms with van der Waals surface area (Å²) in [5.41, 5.74) is -0.494. The summed E-state index contributed by atoms with van der Waals surface area (Å²) in [5.74, 6) is -0.292. The number of alkyl halides is 3. The van der Waals surface area contributed by atoms with Gasteiger partial charge in [0.15, 0.2) is 0 Å². The Morgan fingerprint density at radius 2 is 2.04 bits per heavy atom. The lowest BCUT2D eigenvalue weighted by atomic mass is 10.0. The lowest BCUT2D eigenvalue weighted by molar-refractivity contribution is -0.138. The van der Waals surface area contributed by atoms with Gasteiger partial charge in [-0.1, -0.05) is 18.2 Å². The standard InChI is InChI=1S/C16H21F3N2O3S/c1-25(23,24)20-11-14-7-2-3-8-21(14)15(22)10-12-5-4-6-13(9-12)16(17,18)19/h4-6,9,14,20H,2-3,7-8,10-11H2,1H3. The van der Waals surface area contributed by atoms with Gasteiger partial charge in [0.2, 0.25) is 15.9 Å². The van der Waals surface area contributed by atoms with Gasteiger partial charge in [0.1, 0.15) is 0 Å². The van der Waals surface area contributed by atoms with Gasteiger partial charge in [0.05, 0.1) is 18.2 Å². The molecule has 1 aromatic carbocycles. The fourth-order valence-electron chi connectivity index (χ4n) is 2.92. The molecule has 1 atom stereocenters. The summed E-state index contributed by atoms with van der Waals surface area (Å²) in [7, 11) is -3.37. The van der Waals surface area contributed by atoms with Crippen molar-refractivity contribution >= 4 is 15.9 Å².